The van der Waals surface area contributed by atoms with Gasteiger partial charge in [0.05, 0.1) is 19.7 Å². The minimum Gasteiger partial charge on any atom is -0.479 e. The van der Waals surface area contributed by atoms with Gasteiger partial charge < -0.3 is 14.7 Å². The van der Waals surface area contributed by atoms with Crippen molar-refractivity contribution < 1.29 is 19.4 Å². The van der Waals surface area contributed by atoms with Gasteiger partial charge in [0.1, 0.15) is 0 Å². The number of rotatable bonds is 4. The molecule has 0 radical (unpaired) electrons. The van der Waals surface area contributed by atoms with Crippen LogP contribution in [0.1, 0.15) is 15.9 Å². The Morgan fingerprint density at radius 1 is 1.30 bits per heavy atom. The molecule has 2 heterocycles. The van der Waals surface area contributed by atoms with E-state index < -0.39 is 12.1 Å². The summed E-state index contributed by atoms with van der Waals surface area (Å²) in [6.45, 7) is 1.35. The lowest BCUT2D eigenvalue weighted by atomic mass is 10.1. The number of carboxylic acid groups (broad SMARTS) is 1. The van der Waals surface area contributed by atoms with Crippen LogP contribution in [-0.2, 0) is 16.1 Å². The Morgan fingerprint density at radius 3 is 2.74 bits per heavy atom. The summed E-state index contributed by atoms with van der Waals surface area (Å²) in [6.07, 6.45) is 2.64. The van der Waals surface area contributed by atoms with Gasteiger partial charge in [-0.25, -0.2) is 4.79 Å². The van der Waals surface area contributed by atoms with Gasteiger partial charge >= 0.3 is 5.97 Å². The summed E-state index contributed by atoms with van der Waals surface area (Å²) >= 11 is 0. The average molecular weight is 315 g/mol. The summed E-state index contributed by atoms with van der Waals surface area (Å²) in [5, 5.41) is 13.1. The number of carbonyl (C=O) groups excluding carboxylic acids is 1. The number of amides is 1. The maximum absolute atomic E-state index is 12.5. The molecule has 1 aliphatic heterocycles. The quantitative estimate of drug-likeness (QED) is 0.904. The molecular formula is C16H17N3O4. The van der Waals surface area contributed by atoms with E-state index in [1.165, 1.54) is 4.90 Å². The molecular weight excluding hydrogens is 298 g/mol. The highest BCUT2D eigenvalue weighted by atomic mass is 16.5. The second kappa shape index (κ2) is 6.62. The molecule has 120 valence electrons. The number of nitrogens with zero attached hydrogens (tertiary/aromatic N) is 3. The SMILES string of the molecule is O=C(O)[C@H]1CN(C(=O)c2ccc(Cn3cccn3)cc2)CCO1. The Kier molecular flexibility index (Phi) is 4.38. The molecule has 0 saturated carbocycles. The second-order valence-electron chi connectivity index (χ2n) is 5.35. The fourth-order valence-electron chi connectivity index (χ4n) is 2.50. The van der Waals surface area contributed by atoms with Crippen molar-refractivity contribution in [2.24, 2.45) is 0 Å². The third-order valence-electron chi connectivity index (χ3n) is 3.73. The molecule has 1 aliphatic rings. The number of hydrogen-bond acceptors (Lipinski definition) is 4. The van der Waals surface area contributed by atoms with Crippen molar-refractivity contribution in [1.29, 1.82) is 0 Å². The molecule has 0 spiro atoms. The first kappa shape index (κ1) is 15.2. The van der Waals surface area contributed by atoms with Crippen molar-refractivity contribution in [3.8, 4) is 0 Å². The summed E-state index contributed by atoms with van der Waals surface area (Å²) in [5.41, 5.74) is 1.58. The minimum atomic E-state index is -1.04. The van der Waals surface area contributed by atoms with E-state index in [1.807, 2.05) is 24.4 Å². The van der Waals surface area contributed by atoms with Crippen LogP contribution < -0.4 is 0 Å². The zero-order valence-electron chi connectivity index (χ0n) is 12.5. The topological polar surface area (TPSA) is 84.7 Å². The molecule has 1 saturated heterocycles. The summed E-state index contributed by atoms with van der Waals surface area (Å²) in [6, 6.07) is 9.13. The standard InChI is InChI=1S/C16H17N3O4/c20-15(18-8-9-23-14(11-18)16(21)22)13-4-2-12(3-5-13)10-19-7-1-6-17-19/h1-7,14H,8-11H2,(H,21,22)/t14-/m1/s1. The molecule has 1 N–H and O–H groups in total. The number of morpholine rings is 1. The largest absolute Gasteiger partial charge is 0.479 e. The average Bonchev–Trinajstić information content (AvgIpc) is 3.08. The maximum atomic E-state index is 12.5. The zero-order valence-corrected chi connectivity index (χ0v) is 12.5. The smallest absolute Gasteiger partial charge is 0.334 e. The Hall–Kier alpha value is -2.67. The first-order valence-corrected chi connectivity index (χ1v) is 7.33. The molecule has 0 unspecified atom stereocenters. The van der Waals surface area contributed by atoms with Gasteiger partial charge in [0, 0.05) is 24.5 Å². The Balaban J connectivity index is 1.66. The van der Waals surface area contributed by atoms with Crippen molar-refractivity contribution in [1.82, 2.24) is 14.7 Å². The molecule has 1 amide bonds. The van der Waals surface area contributed by atoms with Crippen LogP contribution in [0.5, 0.6) is 0 Å². The normalized spacial score (nSPS) is 17.9. The van der Waals surface area contributed by atoms with Crippen molar-refractivity contribution >= 4 is 11.9 Å². The highest BCUT2D eigenvalue weighted by Gasteiger charge is 2.29. The molecule has 1 aromatic carbocycles. The van der Waals surface area contributed by atoms with E-state index in [4.69, 9.17) is 9.84 Å². The Morgan fingerprint density at radius 2 is 2.09 bits per heavy atom. The van der Waals surface area contributed by atoms with E-state index in [2.05, 4.69) is 5.10 Å². The predicted molar refractivity (Wildman–Crippen MR) is 81.1 cm³/mol. The number of benzene rings is 1. The molecule has 1 fully saturated rings. The van der Waals surface area contributed by atoms with Crippen molar-refractivity contribution in [3.05, 3.63) is 53.9 Å². The molecule has 1 atom stereocenters. The monoisotopic (exact) mass is 315 g/mol. The number of ether oxygens (including phenoxy) is 1. The second-order valence-corrected chi connectivity index (χ2v) is 5.35. The van der Waals surface area contributed by atoms with Crippen LogP contribution in [0.3, 0.4) is 0 Å². The predicted octanol–water partition coefficient (Wildman–Crippen LogP) is 0.857. The van der Waals surface area contributed by atoms with Crippen LogP contribution in [0.15, 0.2) is 42.7 Å². The van der Waals surface area contributed by atoms with Gasteiger partial charge in [-0.05, 0) is 23.8 Å². The molecule has 0 bridgehead atoms. The van der Waals surface area contributed by atoms with E-state index in [0.29, 0.717) is 18.7 Å². The van der Waals surface area contributed by atoms with Gasteiger partial charge in [0.25, 0.3) is 5.91 Å². The van der Waals surface area contributed by atoms with Gasteiger partial charge in [-0.2, -0.15) is 5.10 Å². The lowest BCUT2D eigenvalue weighted by Crippen LogP contribution is -2.48. The van der Waals surface area contributed by atoms with Crippen molar-refractivity contribution in [2.75, 3.05) is 19.7 Å². The highest BCUT2D eigenvalue weighted by Crippen LogP contribution is 2.12. The number of carboxylic acids is 1. The van der Waals surface area contributed by atoms with E-state index in [9.17, 15) is 9.59 Å². The molecule has 1 aromatic heterocycles. The minimum absolute atomic E-state index is 0.0726. The lowest BCUT2D eigenvalue weighted by molar-refractivity contribution is -0.154. The zero-order chi connectivity index (χ0) is 16.2. The van der Waals surface area contributed by atoms with Gasteiger partial charge in [-0.15, -0.1) is 0 Å². The number of aromatic nitrogens is 2. The van der Waals surface area contributed by atoms with Gasteiger partial charge in [-0.3, -0.25) is 9.48 Å². The van der Waals surface area contributed by atoms with Crippen molar-refractivity contribution in [3.63, 3.8) is 0 Å². The molecule has 7 nitrogen and oxygen atoms in total. The molecule has 23 heavy (non-hydrogen) atoms. The van der Waals surface area contributed by atoms with E-state index >= 15 is 0 Å². The summed E-state index contributed by atoms with van der Waals surface area (Å²) in [7, 11) is 0. The molecule has 0 aliphatic carbocycles. The van der Waals surface area contributed by atoms with Gasteiger partial charge in [-0.1, -0.05) is 12.1 Å². The number of hydrogen-bond donors (Lipinski definition) is 1. The van der Waals surface area contributed by atoms with Crippen LogP contribution in [0.2, 0.25) is 0 Å². The lowest BCUT2D eigenvalue weighted by Gasteiger charge is -2.30. The Bertz CT molecular complexity index is 682. The van der Waals surface area contributed by atoms with Crippen LogP contribution in [-0.4, -0.2) is 57.5 Å². The van der Waals surface area contributed by atoms with E-state index in [0.717, 1.165) is 5.56 Å². The third-order valence-corrected chi connectivity index (χ3v) is 3.73. The molecule has 3 rings (SSSR count). The fraction of sp³-hybridized carbons (Fsp3) is 0.312. The van der Waals surface area contributed by atoms with Gasteiger partial charge in [0.2, 0.25) is 0 Å². The maximum Gasteiger partial charge on any atom is 0.334 e. The number of carbonyl (C=O) groups is 2. The first-order valence-electron chi connectivity index (χ1n) is 7.33. The first-order chi connectivity index (χ1) is 11.1. The van der Waals surface area contributed by atoms with E-state index in [1.54, 1.807) is 23.0 Å². The van der Waals surface area contributed by atoms with Crippen LogP contribution in [0, 0.1) is 0 Å². The Labute approximate surface area is 133 Å². The summed E-state index contributed by atoms with van der Waals surface area (Å²) < 4.78 is 6.93. The highest BCUT2D eigenvalue weighted by molar-refractivity contribution is 5.94. The fourth-order valence-corrected chi connectivity index (χ4v) is 2.50. The van der Waals surface area contributed by atoms with Crippen LogP contribution in [0.25, 0.3) is 0 Å². The molecule has 7 heteroatoms. The molecule has 2 aromatic rings. The summed E-state index contributed by atoms with van der Waals surface area (Å²) in [5.74, 6) is -1.22. The number of aliphatic carboxylic acids is 1. The van der Waals surface area contributed by atoms with Gasteiger partial charge in [0.15, 0.2) is 6.10 Å². The van der Waals surface area contributed by atoms with Crippen LogP contribution >= 0.6 is 0 Å². The van der Waals surface area contributed by atoms with Crippen molar-refractivity contribution in [2.45, 2.75) is 12.6 Å². The summed E-state index contributed by atoms with van der Waals surface area (Å²) in [4.78, 5) is 25.0. The van der Waals surface area contributed by atoms with E-state index in [-0.39, 0.29) is 19.1 Å². The van der Waals surface area contributed by atoms with Crippen LogP contribution in [0.4, 0.5) is 0 Å². The third kappa shape index (κ3) is 3.57.